The Hall–Kier alpha value is -1.16. The summed E-state index contributed by atoms with van der Waals surface area (Å²) in [7, 11) is 0. The molecule has 17 heavy (non-hydrogen) atoms. The van der Waals surface area contributed by atoms with Gasteiger partial charge in [0.15, 0.2) is 0 Å². The van der Waals surface area contributed by atoms with E-state index in [4.69, 9.17) is 0 Å². The summed E-state index contributed by atoms with van der Waals surface area (Å²) in [6.45, 7) is 0.619. The number of aliphatic hydroxyl groups excluding tert-OH is 1. The third-order valence-electron chi connectivity index (χ3n) is 3.77. The SMILES string of the molecule is OC(CNc1ncnc2c1CCCC2)C1CC1. The zero-order valence-corrected chi connectivity index (χ0v) is 10.0. The van der Waals surface area contributed by atoms with Crippen LogP contribution in [0.25, 0.3) is 0 Å². The van der Waals surface area contributed by atoms with Crippen molar-refractivity contribution in [3.05, 3.63) is 17.6 Å². The number of aliphatic hydroxyl groups is 1. The summed E-state index contributed by atoms with van der Waals surface area (Å²) in [5.41, 5.74) is 2.46. The number of fused-ring (bicyclic) bond motifs is 1. The van der Waals surface area contributed by atoms with Crippen molar-refractivity contribution in [2.45, 2.75) is 44.6 Å². The molecule has 0 radical (unpaired) electrons. The lowest BCUT2D eigenvalue weighted by Gasteiger charge is -2.19. The molecule has 0 bridgehead atoms. The van der Waals surface area contributed by atoms with Gasteiger partial charge in [0, 0.05) is 17.8 Å². The van der Waals surface area contributed by atoms with E-state index in [-0.39, 0.29) is 6.10 Å². The highest BCUT2D eigenvalue weighted by Gasteiger charge is 2.29. The van der Waals surface area contributed by atoms with Crippen LogP contribution >= 0.6 is 0 Å². The van der Waals surface area contributed by atoms with Crippen molar-refractivity contribution in [1.82, 2.24) is 9.97 Å². The molecule has 0 aromatic carbocycles. The molecule has 0 spiro atoms. The number of aromatic nitrogens is 2. The third-order valence-corrected chi connectivity index (χ3v) is 3.77. The summed E-state index contributed by atoms with van der Waals surface area (Å²) in [4.78, 5) is 8.65. The van der Waals surface area contributed by atoms with Gasteiger partial charge in [0.25, 0.3) is 0 Å². The minimum absolute atomic E-state index is 0.218. The van der Waals surface area contributed by atoms with Crippen LogP contribution in [0.3, 0.4) is 0 Å². The van der Waals surface area contributed by atoms with Crippen molar-refractivity contribution < 1.29 is 5.11 Å². The molecule has 2 N–H and O–H groups in total. The van der Waals surface area contributed by atoms with Crippen molar-refractivity contribution in [2.75, 3.05) is 11.9 Å². The molecule has 1 atom stereocenters. The van der Waals surface area contributed by atoms with Crippen LogP contribution in [0.5, 0.6) is 0 Å². The highest BCUT2D eigenvalue weighted by atomic mass is 16.3. The van der Waals surface area contributed by atoms with E-state index < -0.39 is 0 Å². The Morgan fingerprint density at radius 1 is 1.29 bits per heavy atom. The first-order valence-corrected chi connectivity index (χ1v) is 6.59. The standard InChI is InChI=1S/C13H19N3O/c17-12(9-5-6-9)7-14-13-10-3-1-2-4-11(10)15-8-16-13/h8-9,12,17H,1-7H2,(H,14,15,16). The minimum Gasteiger partial charge on any atom is -0.391 e. The largest absolute Gasteiger partial charge is 0.391 e. The lowest BCUT2D eigenvalue weighted by molar-refractivity contribution is 0.164. The number of anilines is 1. The molecule has 1 saturated carbocycles. The van der Waals surface area contributed by atoms with E-state index in [2.05, 4.69) is 15.3 Å². The van der Waals surface area contributed by atoms with Gasteiger partial charge in [0.05, 0.1) is 6.10 Å². The smallest absolute Gasteiger partial charge is 0.132 e. The fourth-order valence-corrected chi connectivity index (χ4v) is 2.52. The van der Waals surface area contributed by atoms with Crippen molar-refractivity contribution in [2.24, 2.45) is 5.92 Å². The van der Waals surface area contributed by atoms with Crippen molar-refractivity contribution in [3.63, 3.8) is 0 Å². The first-order chi connectivity index (χ1) is 8.34. The van der Waals surface area contributed by atoms with Crippen LogP contribution in [-0.2, 0) is 12.8 Å². The molecule has 4 nitrogen and oxygen atoms in total. The molecule has 92 valence electrons. The second kappa shape index (κ2) is 4.61. The van der Waals surface area contributed by atoms with Crippen molar-refractivity contribution >= 4 is 5.82 Å². The Labute approximate surface area is 101 Å². The summed E-state index contributed by atoms with van der Waals surface area (Å²) < 4.78 is 0. The maximum atomic E-state index is 9.85. The van der Waals surface area contributed by atoms with E-state index in [9.17, 15) is 5.11 Å². The van der Waals surface area contributed by atoms with Crippen LogP contribution in [0, 0.1) is 5.92 Å². The molecule has 2 aliphatic carbocycles. The normalized spacial score (nSPS) is 20.8. The Bertz CT molecular complexity index is 404. The minimum atomic E-state index is -0.218. The zero-order valence-electron chi connectivity index (χ0n) is 10.0. The van der Waals surface area contributed by atoms with Gasteiger partial charge in [-0.05, 0) is 44.4 Å². The Morgan fingerprint density at radius 3 is 2.94 bits per heavy atom. The lowest BCUT2D eigenvalue weighted by Crippen LogP contribution is -2.23. The van der Waals surface area contributed by atoms with E-state index in [0.29, 0.717) is 12.5 Å². The van der Waals surface area contributed by atoms with Gasteiger partial charge in [-0.25, -0.2) is 9.97 Å². The lowest BCUT2D eigenvalue weighted by atomic mass is 9.96. The molecular formula is C13H19N3O. The number of rotatable bonds is 4. The molecular weight excluding hydrogens is 214 g/mol. The number of hydrogen-bond donors (Lipinski definition) is 2. The second-order valence-corrected chi connectivity index (χ2v) is 5.14. The van der Waals surface area contributed by atoms with Crippen LogP contribution in [0.1, 0.15) is 36.9 Å². The number of nitrogens with zero attached hydrogens (tertiary/aromatic N) is 2. The molecule has 1 heterocycles. The summed E-state index contributed by atoms with van der Waals surface area (Å²) in [6.07, 6.45) is 8.35. The van der Waals surface area contributed by atoms with Gasteiger partial charge >= 0.3 is 0 Å². The van der Waals surface area contributed by atoms with Crippen LogP contribution in [0.4, 0.5) is 5.82 Å². The quantitative estimate of drug-likeness (QED) is 0.828. The van der Waals surface area contributed by atoms with Crippen LogP contribution < -0.4 is 5.32 Å². The summed E-state index contributed by atoms with van der Waals surface area (Å²) in [6, 6.07) is 0. The maximum Gasteiger partial charge on any atom is 0.132 e. The van der Waals surface area contributed by atoms with Gasteiger partial charge in [-0.15, -0.1) is 0 Å². The van der Waals surface area contributed by atoms with Gasteiger partial charge in [0.2, 0.25) is 0 Å². The average Bonchev–Trinajstić information content (AvgIpc) is 3.20. The molecule has 3 rings (SSSR count). The van der Waals surface area contributed by atoms with E-state index >= 15 is 0 Å². The summed E-state index contributed by atoms with van der Waals surface area (Å²) in [5.74, 6) is 1.45. The van der Waals surface area contributed by atoms with E-state index in [0.717, 1.165) is 18.7 Å². The van der Waals surface area contributed by atoms with Gasteiger partial charge in [-0.3, -0.25) is 0 Å². The van der Waals surface area contributed by atoms with Gasteiger partial charge in [-0.1, -0.05) is 0 Å². The number of aryl methyl sites for hydroxylation is 1. The summed E-state index contributed by atoms with van der Waals surface area (Å²) >= 11 is 0. The zero-order chi connectivity index (χ0) is 11.7. The fourth-order valence-electron chi connectivity index (χ4n) is 2.52. The highest BCUT2D eigenvalue weighted by Crippen LogP contribution is 2.32. The Morgan fingerprint density at radius 2 is 2.12 bits per heavy atom. The van der Waals surface area contributed by atoms with Crippen molar-refractivity contribution in [1.29, 1.82) is 0 Å². The van der Waals surface area contributed by atoms with Crippen molar-refractivity contribution in [3.8, 4) is 0 Å². The first-order valence-electron chi connectivity index (χ1n) is 6.59. The molecule has 1 aromatic rings. The molecule has 0 aliphatic heterocycles. The molecule has 0 amide bonds. The summed E-state index contributed by atoms with van der Waals surface area (Å²) in [5, 5.41) is 13.1. The van der Waals surface area contributed by atoms with Gasteiger partial charge in [0.1, 0.15) is 12.1 Å². The predicted molar refractivity (Wildman–Crippen MR) is 65.9 cm³/mol. The maximum absolute atomic E-state index is 9.85. The molecule has 0 saturated heterocycles. The molecule has 2 aliphatic rings. The van der Waals surface area contributed by atoms with Crippen LogP contribution in [0.2, 0.25) is 0 Å². The fraction of sp³-hybridized carbons (Fsp3) is 0.692. The Kier molecular flexibility index (Phi) is 2.97. The molecule has 4 heteroatoms. The van der Waals surface area contributed by atoms with Gasteiger partial charge < -0.3 is 10.4 Å². The third kappa shape index (κ3) is 2.41. The molecule has 1 unspecified atom stereocenters. The molecule has 1 fully saturated rings. The first kappa shape index (κ1) is 11.0. The monoisotopic (exact) mass is 233 g/mol. The van der Waals surface area contributed by atoms with E-state index in [1.54, 1.807) is 6.33 Å². The number of hydrogen-bond acceptors (Lipinski definition) is 4. The topological polar surface area (TPSA) is 58.0 Å². The highest BCUT2D eigenvalue weighted by molar-refractivity contribution is 5.47. The van der Waals surface area contributed by atoms with Gasteiger partial charge in [-0.2, -0.15) is 0 Å². The Balaban J connectivity index is 1.69. The van der Waals surface area contributed by atoms with Crippen LogP contribution in [0.15, 0.2) is 6.33 Å². The predicted octanol–water partition coefficient (Wildman–Crippen LogP) is 1.54. The van der Waals surface area contributed by atoms with E-state index in [1.165, 1.54) is 36.9 Å². The second-order valence-electron chi connectivity index (χ2n) is 5.14. The number of nitrogens with one attached hydrogen (secondary N) is 1. The van der Waals surface area contributed by atoms with E-state index in [1.807, 2.05) is 0 Å². The average molecular weight is 233 g/mol. The van der Waals surface area contributed by atoms with Crippen LogP contribution in [-0.4, -0.2) is 27.7 Å². The molecule has 1 aromatic heterocycles.